The molecular formula is C22H24N6O. The molecule has 7 heteroatoms. The molecule has 2 aromatic carbocycles. The number of carbonyl (C=O) groups excluding carboxylic acids is 1. The van der Waals surface area contributed by atoms with Crippen LogP contribution >= 0.6 is 0 Å². The van der Waals surface area contributed by atoms with Gasteiger partial charge in [0.2, 0.25) is 11.7 Å². The molecule has 1 fully saturated rings. The summed E-state index contributed by atoms with van der Waals surface area (Å²) in [6.45, 7) is 4.23. The molecule has 0 atom stereocenters. The number of hydrogen-bond acceptors (Lipinski definition) is 5. The molecule has 0 saturated heterocycles. The second-order valence-corrected chi connectivity index (χ2v) is 7.54. The number of likely N-dealkylation sites (N-methyl/N-ethyl adjacent to an activating group) is 1. The zero-order chi connectivity index (χ0) is 20.3. The van der Waals surface area contributed by atoms with Crippen LogP contribution < -0.4 is 0 Å². The van der Waals surface area contributed by atoms with Gasteiger partial charge in [-0.1, -0.05) is 61.4 Å². The zero-order valence-corrected chi connectivity index (χ0v) is 16.5. The predicted molar refractivity (Wildman–Crippen MR) is 112 cm³/mol. The van der Waals surface area contributed by atoms with E-state index in [0.29, 0.717) is 12.4 Å². The molecule has 29 heavy (non-hydrogen) atoms. The number of aliphatic imine (C=N–C) groups is 1. The van der Waals surface area contributed by atoms with Crippen LogP contribution in [-0.4, -0.2) is 50.7 Å². The molecule has 148 valence electrons. The van der Waals surface area contributed by atoms with Crippen molar-refractivity contribution in [3.05, 3.63) is 54.1 Å². The Bertz CT molecular complexity index is 990. The molecule has 1 heterocycles. The summed E-state index contributed by atoms with van der Waals surface area (Å²) in [5.41, 5.74) is 3.45. The Morgan fingerprint density at radius 1 is 1.14 bits per heavy atom. The molecular weight excluding hydrogens is 364 g/mol. The summed E-state index contributed by atoms with van der Waals surface area (Å²) in [6.07, 6.45) is 3.66. The van der Waals surface area contributed by atoms with Crippen LogP contribution in [0.3, 0.4) is 0 Å². The number of H-pyrrole nitrogens is 1. The Morgan fingerprint density at radius 3 is 2.45 bits per heavy atom. The number of rotatable bonds is 6. The molecule has 7 nitrogen and oxygen atoms in total. The number of tetrazole rings is 1. The zero-order valence-electron chi connectivity index (χ0n) is 16.5. The molecule has 0 aliphatic heterocycles. The van der Waals surface area contributed by atoms with Gasteiger partial charge in [0.25, 0.3) is 0 Å². The van der Waals surface area contributed by atoms with E-state index in [2.05, 4.69) is 56.6 Å². The van der Waals surface area contributed by atoms with E-state index in [0.717, 1.165) is 47.9 Å². The summed E-state index contributed by atoms with van der Waals surface area (Å²) in [5, 5.41) is 14.3. The minimum Gasteiger partial charge on any atom is -0.339 e. The Hall–Kier alpha value is -3.35. The summed E-state index contributed by atoms with van der Waals surface area (Å²) in [5.74, 6) is 0.630. The minimum atomic E-state index is -0.627. The summed E-state index contributed by atoms with van der Waals surface area (Å²) in [4.78, 5) is 18.9. The van der Waals surface area contributed by atoms with Gasteiger partial charge in [-0.25, -0.2) is 0 Å². The fourth-order valence-corrected chi connectivity index (χ4v) is 4.10. The van der Waals surface area contributed by atoms with E-state index < -0.39 is 5.54 Å². The van der Waals surface area contributed by atoms with Crippen LogP contribution in [0.2, 0.25) is 0 Å². The predicted octanol–water partition coefficient (Wildman–Crippen LogP) is 3.51. The van der Waals surface area contributed by atoms with Gasteiger partial charge < -0.3 is 4.90 Å². The van der Waals surface area contributed by atoms with Crippen LogP contribution in [0.15, 0.2) is 53.5 Å². The summed E-state index contributed by atoms with van der Waals surface area (Å²) in [6, 6.07) is 16.2. The van der Waals surface area contributed by atoms with Crippen molar-refractivity contribution in [3.63, 3.8) is 0 Å². The monoisotopic (exact) mass is 388 g/mol. The number of carbonyl (C=O) groups is 1. The van der Waals surface area contributed by atoms with Crippen LogP contribution in [0.1, 0.15) is 31.2 Å². The lowest BCUT2D eigenvalue weighted by Gasteiger charge is -2.28. The molecule has 0 unspecified atom stereocenters. The SMILES string of the molecule is C=NC1(C(=O)N(C)Cc2ccc(-c3ccccc3-c3nn[nH]n3)cc2)CCCC1. The number of aromatic amines is 1. The topological polar surface area (TPSA) is 87.1 Å². The fourth-order valence-electron chi connectivity index (χ4n) is 4.10. The molecule has 0 bridgehead atoms. The number of amides is 1. The Kier molecular flexibility index (Phi) is 5.20. The smallest absolute Gasteiger partial charge is 0.250 e. The Balaban J connectivity index is 1.52. The quantitative estimate of drug-likeness (QED) is 0.655. The second-order valence-electron chi connectivity index (χ2n) is 7.54. The Morgan fingerprint density at radius 2 is 1.83 bits per heavy atom. The summed E-state index contributed by atoms with van der Waals surface area (Å²) < 4.78 is 0. The third kappa shape index (κ3) is 3.68. The van der Waals surface area contributed by atoms with Gasteiger partial charge >= 0.3 is 0 Å². The second kappa shape index (κ2) is 7.95. The molecule has 1 aromatic heterocycles. The van der Waals surface area contributed by atoms with Gasteiger partial charge in [0.05, 0.1) is 0 Å². The van der Waals surface area contributed by atoms with Crippen molar-refractivity contribution < 1.29 is 4.79 Å². The van der Waals surface area contributed by atoms with Crippen LogP contribution in [0.4, 0.5) is 0 Å². The third-order valence-electron chi connectivity index (χ3n) is 5.68. The van der Waals surface area contributed by atoms with Gasteiger partial charge in [-0.3, -0.25) is 9.79 Å². The van der Waals surface area contributed by atoms with E-state index in [4.69, 9.17) is 0 Å². The average molecular weight is 388 g/mol. The third-order valence-corrected chi connectivity index (χ3v) is 5.68. The van der Waals surface area contributed by atoms with E-state index in [1.165, 1.54) is 0 Å². The van der Waals surface area contributed by atoms with Gasteiger partial charge in [-0.15, -0.1) is 10.2 Å². The van der Waals surface area contributed by atoms with Gasteiger partial charge in [0.1, 0.15) is 5.54 Å². The molecule has 0 spiro atoms. The summed E-state index contributed by atoms with van der Waals surface area (Å²) >= 11 is 0. The molecule has 3 aromatic rings. The van der Waals surface area contributed by atoms with Crippen molar-refractivity contribution in [2.24, 2.45) is 4.99 Å². The van der Waals surface area contributed by atoms with Crippen LogP contribution in [0.25, 0.3) is 22.5 Å². The normalized spacial score (nSPS) is 15.2. The molecule has 4 rings (SSSR count). The number of nitrogens with one attached hydrogen (secondary N) is 1. The highest BCUT2D eigenvalue weighted by Gasteiger charge is 2.41. The lowest BCUT2D eigenvalue weighted by atomic mass is 9.96. The lowest BCUT2D eigenvalue weighted by Crippen LogP contribution is -2.43. The lowest BCUT2D eigenvalue weighted by molar-refractivity contribution is -0.135. The van der Waals surface area contributed by atoms with Crippen molar-refractivity contribution in [2.45, 2.75) is 37.8 Å². The highest BCUT2D eigenvalue weighted by Crippen LogP contribution is 2.35. The first kappa shape index (κ1) is 19.0. The fraction of sp³-hybridized carbons (Fsp3) is 0.318. The molecule has 1 N–H and O–H groups in total. The number of benzene rings is 2. The van der Waals surface area contributed by atoms with Gasteiger partial charge in [-0.2, -0.15) is 5.21 Å². The number of nitrogens with zero attached hydrogens (tertiary/aromatic N) is 5. The largest absolute Gasteiger partial charge is 0.339 e. The van der Waals surface area contributed by atoms with Gasteiger partial charge in [-0.05, 0) is 41.5 Å². The first-order chi connectivity index (χ1) is 14.1. The van der Waals surface area contributed by atoms with Crippen LogP contribution in [0.5, 0.6) is 0 Å². The average Bonchev–Trinajstić information content (AvgIpc) is 3.46. The maximum absolute atomic E-state index is 12.9. The van der Waals surface area contributed by atoms with Crippen molar-refractivity contribution in [1.29, 1.82) is 0 Å². The van der Waals surface area contributed by atoms with E-state index in [1.54, 1.807) is 4.90 Å². The van der Waals surface area contributed by atoms with Crippen molar-refractivity contribution >= 4 is 12.6 Å². The molecule has 1 aliphatic carbocycles. The van der Waals surface area contributed by atoms with Crippen LogP contribution in [-0.2, 0) is 11.3 Å². The number of hydrogen-bond donors (Lipinski definition) is 1. The van der Waals surface area contributed by atoms with Crippen molar-refractivity contribution in [3.8, 4) is 22.5 Å². The number of aromatic nitrogens is 4. The first-order valence-corrected chi connectivity index (χ1v) is 9.78. The molecule has 1 aliphatic rings. The van der Waals surface area contributed by atoms with E-state index in [1.807, 2.05) is 31.3 Å². The van der Waals surface area contributed by atoms with Gasteiger partial charge in [0.15, 0.2) is 0 Å². The van der Waals surface area contributed by atoms with E-state index >= 15 is 0 Å². The van der Waals surface area contributed by atoms with Gasteiger partial charge in [0, 0.05) is 19.2 Å². The van der Waals surface area contributed by atoms with E-state index in [-0.39, 0.29) is 5.91 Å². The maximum Gasteiger partial charge on any atom is 0.250 e. The maximum atomic E-state index is 12.9. The first-order valence-electron chi connectivity index (χ1n) is 9.78. The highest BCUT2D eigenvalue weighted by atomic mass is 16.2. The standard InChI is InChI=1S/C22H24N6O/c1-23-22(13-5-6-14-22)21(29)28(2)15-16-9-11-17(12-10-16)18-7-3-4-8-19(18)20-24-26-27-25-20/h3-4,7-12H,1,5-6,13-15H2,2H3,(H,24,25,26,27). The molecule has 1 saturated carbocycles. The molecule has 1 amide bonds. The summed E-state index contributed by atoms with van der Waals surface area (Å²) in [7, 11) is 1.84. The van der Waals surface area contributed by atoms with Crippen molar-refractivity contribution in [2.75, 3.05) is 7.05 Å². The van der Waals surface area contributed by atoms with E-state index in [9.17, 15) is 4.79 Å². The molecule has 0 radical (unpaired) electrons. The van der Waals surface area contributed by atoms with Crippen LogP contribution in [0, 0.1) is 0 Å². The highest BCUT2D eigenvalue weighted by molar-refractivity contribution is 5.87. The minimum absolute atomic E-state index is 0.0662. The van der Waals surface area contributed by atoms with Crippen molar-refractivity contribution in [1.82, 2.24) is 25.5 Å². The Labute approximate surface area is 169 Å².